The molecular weight excluding hydrogens is 202 g/mol. The van der Waals surface area contributed by atoms with Crippen molar-refractivity contribution in [2.45, 2.75) is 19.4 Å². The zero-order valence-corrected chi connectivity index (χ0v) is 9.47. The summed E-state index contributed by atoms with van der Waals surface area (Å²) in [6, 6.07) is 10.1. The second-order valence-corrected chi connectivity index (χ2v) is 4.39. The maximum absolute atomic E-state index is 11.8. The Labute approximate surface area is 95.7 Å². The van der Waals surface area contributed by atoms with E-state index in [4.69, 9.17) is 5.11 Å². The van der Waals surface area contributed by atoms with Crippen molar-refractivity contribution in [2.24, 2.45) is 5.92 Å². The minimum Gasteiger partial charge on any atom is -0.396 e. The molecule has 2 atom stereocenters. The number of aliphatic hydroxyl groups is 1. The first kappa shape index (κ1) is 11.1. The summed E-state index contributed by atoms with van der Waals surface area (Å²) in [7, 11) is 0. The van der Waals surface area contributed by atoms with Gasteiger partial charge in [0, 0.05) is 25.5 Å². The number of nitrogens with zero attached hydrogens (tertiary/aromatic N) is 1. The number of carbonyl (C=O) groups excluding carboxylic acids is 1. The fraction of sp³-hybridized carbons (Fsp3) is 0.462. The fourth-order valence-corrected chi connectivity index (χ4v) is 2.22. The number of aliphatic hydroxyl groups excluding tert-OH is 1. The molecule has 1 fully saturated rings. The monoisotopic (exact) mass is 219 g/mol. The van der Waals surface area contributed by atoms with Gasteiger partial charge in [-0.2, -0.15) is 0 Å². The molecule has 1 aromatic carbocycles. The SMILES string of the molecule is C[C@H](c1ccccc1)N1CC(CO)CC1=O. The average molecular weight is 219 g/mol. The first-order chi connectivity index (χ1) is 7.72. The van der Waals surface area contributed by atoms with Crippen LogP contribution < -0.4 is 0 Å². The Bertz CT molecular complexity index is 363. The van der Waals surface area contributed by atoms with Crippen LogP contribution in [0.25, 0.3) is 0 Å². The molecule has 0 aromatic heterocycles. The van der Waals surface area contributed by atoms with Gasteiger partial charge in [-0.1, -0.05) is 30.3 Å². The van der Waals surface area contributed by atoms with E-state index in [9.17, 15) is 4.79 Å². The molecule has 3 heteroatoms. The Morgan fingerprint density at radius 3 is 2.69 bits per heavy atom. The van der Waals surface area contributed by atoms with Crippen LogP contribution in [0.2, 0.25) is 0 Å². The first-order valence-electron chi connectivity index (χ1n) is 5.67. The fourth-order valence-electron chi connectivity index (χ4n) is 2.22. The molecule has 86 valence electrons. The minimum absolute atomic E-state index is 0.101. The first-order valence-corrected chi connectivity index (χ1v) is 5.67. The molecule has 1 N–H and O–H groups in total. The lowest BCUT2D eigenvalue weighted by molar-refractivity contribution is -0.129. The molecule has 2 rings (SSSR count). The zero-order valence-electron chi connectivity index (χ0n) is 9.47. The minimum atomic E-state index is 0.101. The Morgan fingerprint density at radius 2 is 2.12 bits per heavy atom. The van der Waals surface area contributed by atoms with E-state index in [0.717, 1.165) is 5.56 Å². The van der Waals surface area contributed by atoms with Crippen LogP contribution in [0.5, 0.6) is 0 Å². The number of carbonyl (C=O) groups is 1. The standard InChI is InChI=1S/C13H17NO2/c1-10(12-5-3-2-4-6-12)14-8-11(9-15)7-13(14)16/h2-6,10-11,15H,7-9H2,1H3/t10-,11?/m1/s1. The summed E-state index contributed by atoms with van der Waals surface area (Å²) >= 11 is 0. The van der Waals surface area contributed by atoms with Gasteiger partial charge in [0.25, 0.3) is 0 Å². The van der Waals surface area contributed by atoms with Crippen molar-refractivity contribution in [3.8, 4) is 0 Å². The highest BCUT2D eigenvalue weighted by atomic mass is 16.3. The van der Waals surface area contributed by atoms with Crippen molar-refractivity contribution in [3.05, 3.63) is 35.9 Å². The molecular formula is C13H17NO2. The number of likely N-dealkylation sites (tertiary alicyclic amines) is 1. The highest BCUT2D eigenvalue weighted by Gasteiger charge is 2.32. The van der Waals surface area contributed by atoms with Gasteiger partial charge in [-0.05, 0) is 12.5 Å². The van der Waals surface area contributed by atoms with Crippen LogP contribution in [0.3, 0.4) is 0 Å². The number of amides is 1. The topological polar surface area (TPSA) is 40.5 Å². The van der Waals surface area contributed by atoms with Crippen molar-refractivity contribution in [2.75, 3.05) is 13.2 Å². The molecule has 0 bridgehead atoms. The van der Waals surface area contributed by atoms with Gasteiger partial charge < -0.3 is 10.0 Å². The number of rotatable bonds is 3. The lowest BCUT2D eigenvalue weighted by Gasteiger charge is -2.25. The third-order valence-electron chi connectivity index (χ3n) is 3.25. The molecule has 1 aliphatic heterocycles. The smallest absolute Gasteiger partial charge is 0.223 e. The molecule has 0 spiro atoms. The molecule has 0 aliphatic carbocycles. The van der Waals surface area contributed by atoms with Gasteiger partial charge in [-0.3, -0.25) is 4.79 Å². The van der Waals surface area contributed by atoms with Gasteiger partial charge >= 0.3 is 0 Å². The zero-order chi connectivity index (χ0) is 11.5. The lowest BCUT2D eigenvalue weighted by atomic mass is 10.1. The van der Waals surface area contributed by atoms with Crippen LogP contribution in [-0.2, 0) is 4.79 Å². The second-order valence-electron chi connectivity index (χ2n) is 4.39. The summed E-state index contributed by atoms with van der Waals surface area (Å²) < 4.78 is 0. The van der Waals surface area contributed by atoms with Crippen molar-refractivity contribution in [1.82, 2.24) is 4.90 Å². The van der Waals surface area contributed by atoms with E-state index in [-0.39, 0.29) is 24.5 Å². The normalized spacial score (nSPS) is 22.5. The predicted octanol–water partition coefficient (Wildman–Crippen LogP) is 1.59. The molecule has 1 aromatic rings. The van der Waals surface area contributed by atoms with Crippen LogP contribution in [0, 0.1) is 5.92 Å². The van der Waals surface area contributed by atoms with Gasteiger partial charge in [0.05, 0.1) is 6.04 Å². The quantitative estimate of drug-likeness (QED) is 0.838. The van der Waals surface area contributed by atoms with E-state index >= 15 is 0 Å². The molecule has 16 heavy (non-hydrogen) atoms. The summed E-state index contributed by atoms with van der Waals surface area (Å²) in [5, 5.41) is 9.08. The third kappa shape index (κ3) is 2.09. The largest absolute Gasteiger partial charge is 0.396 e. The molecule has 1 amide bonds. The van der Waals surface area contributed by atoms with Gasteiger partial charge in [0.1, 0.15) is 0 Å². The maximum atomic E-state index is 11.8. The van der Waals surface area contributed by atoms with Crippen LogP contribution >= 0.6 is 0 Å². The molecule has 3 nitrogen and oxygen atoms in total. The van der Waals surface area contributed by atoms with Gasteiger partial charge in [-0.15, -0.1) is 0 Å². The number of benzene rings is 1. The van der Waals surface area contributed by atoms with Gasteiger partial charge in [-0.25, -0.2) is 0 Å². The Kier molecular flexibility index (Phi) is 3.25. The van der Waals surface area contributed by atoms with E-state index in [2.05, 4.69) is 0 Å². The highest BCUT2D eigenvalue weighted by molar-refractivity contribution is 5.79. The van der Waals surface area contributed by atoms with Crippen LogP contribution in [0.15, 0.2) is 30.3 Å². The summed E-state index contributed by atoms with van der Waals surface area (Å²) in [6.45, 7) is 2.81. The van der Waals surface area contributed by atoms with E-state index in [0.29, 0.717) is 13.0 Å². The van der Waals surface area contributed by atoms with Crippen molar-refractivity contribution in [1.29, 1.82) is 0 Å². The maximum Gasteiger partial charge on any atom is 0.223 e. The summed E-state index contributed by atoms with van der Waals surface area (Å²) in [5.74, 6) is 0.258. The van der Waals surface area contributed by atoms with E-state index in [1.54, 1.807) is 0 Å². The van der Waals surface area contributed by atoms with E-state index < -0.39 is 0 Å². The third-order valence-corrected chi connectivity index (χ3v) is 3.25. The predicted molar refractivity (Wildman–Crippen MR) is 61.8 cm³/mol. The number of hydrogen-bond acceptors (Lipinski definition) is 2. The summed E-state index contributed by atoms with van der Waals surface area (Å²) in [4.78, 5) is 13.6. The van der Waals surface area contributed by atoms with E-state index in [1.807, 2.05) is 42.2 Å². The lowest BCUT2D eigenvalue weighted by Crippen LogP contribution is -2.28. The van der Waals surface area contributed by atoms with Crippen molar-refractivity contribution < 1.29 is 9.90 Å². The number of hydrogen-bond donors (Lipinski definition) is 1. The van der Waals surface area contributed by atoms with Crippen LogP contribution in [0.1, 0.15) is 24.9 Å². The van der Waals surface area contributed by atoms with Crippen LogP contribution in [-0.4, -0.2) is 29.1 Å². The average Bonchev–Trinajstić information content (AvgIpc) is 2.71. The molecule has 0 saturated carbocycles. The molecule has 1 unspecified atom stereocenters. The van der Waals surface area contributed by atoms with Gasteiger partial charge in [0.2, 0.25) is 5.91 Å². The highest BCUT2D eigenvalue weighted by Crippen LogP contribution is 2.27. The van der Waals surface area contributed by atoms with Gasteiger partial charge in [0.15, 0.2) is 0 Å². The second kappa shape index (κ2) is 4.66. The van der Waals surface area contributed by atoms with Crippen molar-refractivity contribution >= 4 is 5.91 Å². The Balaban J connectivity index is 2.11. The van der Waals surface area contributed by atoms with Crippen LogP contribution in [0.4, 0.5) is 0 Å². The Morgan fingerprint density at radius 1 is 1.44 bits per heavy atom. The molecule has 0 radical (unpaired) electrons. The summed E-state index contributed by atoms with van der Waals surface area (Å²) in [6.07, 6.45) is 0.480. The van der Waals surface area contributed by atoms with E-state index in [1.165, 1.54) is 0 Å². The Hall–Kier alpha value is -1.35. The molecule has 1 heterocycles. The summed E-state index contributed by atoms with van der Waals surface area (Å²) in [5.41, 5.74) is 1.15. The molecule has 1 aliphatic rings. The van der Waals surface area contributed by atoms with Crippen molar-refractivity contribution in [3.63, 3.8) is 0 Å². The molecule has 1 saturated heterocycles.